The first-order chi connectivity index (χ1) is 9.47. The molecule has 0 bridgehead atoms. The van der Waals surface area contributed by atoms with Gasteiger partial charge in [-0.1, -0.05) is 12.8 Å². The number of thioether (sulfide) groups is 1. The average Bonchev–Trinajstić information content (AvgIpc) is 2.85. The molecule has 1 rings (SSSR count). The Labute approximate surface area is 125 Å². The molecule has 1 aliphatic carbocycles. The van der Waals surface area contributed by atoms with Gasteiger partial charge in [0.25, 0.3) is 0 Å². The molecule has 3 N–H and O–H groups in total. The van der Waals surface area contributed by atoms with Crippen molar-refractivity contribution in [2.75, 3.05) is 12.8 Å². The van der Waals surface area contributed by atoms with Crippen LogP contribution in [-0.2, 0) is 4.79 Å². The van der Waals surface area contributed by atoms with E-state index in [9.17, 15) is 9.59 Å². The Bertz CT molecular complexity index is 330. The highest BCUT2D eigenvalue weighted by Gasteiger charge is 2.33. The first-order valence-corrected chi connectivity index (χ1v) is 8.51. The second-order valence-corrected chi connectivity index (χ2v) is 6.88. The number of amides is 2. The van der Waals surface area contributed by atoms with Gasteiger partial charge in [0.2, 0.25) is 0 Å². The van der Waals surface area contributed by atoms with Gasteiger partial charge in [-0.05, 0) is 38.9 Å². The van der Waals surface area contributed by atoms with E-state index in [1.165, 1.54) is 25.7 Å². The van der Waals surface area contributed by atoms with Gasteiger partial charge in [-0.3, -0.25) is 4.79 Å². The summed E-state index contributed by atoms with van der Waals surface area (Å²) in [6.07, 6.45) is 8.37. The van der Waals surface area contributed by atoms with Gasteiger partial charge >= 0.3 is 12.0 Å². The first-order valence-electron chi connectivity index (χ1n) is 7.29. The number of urea groups is 1. The molecule has 1 atom stereocenters. The van der Waals surface area contributed by atoms with Gasteiger partial charge in [-0.2, -0.15) is 11.8 Å². The van der Waals surface area contributed by atoms with Crippen molar-refractivity contribution in [1.29, 1.82) is 0 Å². The molecule has 20 heavy (non-hydrogen) atoms. The summed E-state index contributed by atoms with van der Waals surface area (Å²) in [6, 6.07) is -0.142. The molecule has 0 aromatic carbocycles. The van der Waals surface area contributed by atoms with Crippen LogP contribution >= 0.6 is 11.8 Å². The largest absolute Gasteiger partial charge is 0.481 e. The molecular formula is C14H26N2O3S. The van der Waals surface area contributed by atoms with Crippen molar-refractivity contribution >= 4 is 23.8 Å². The van der Waals surface area contributed by atoms with Gasteiger partial charge < -0.3 is 15.7 Å². The van der Waals surface area contributed by atoms with Gasteiger partial charge in [-0.15, -0.1) is 0 Å². The van der Waals surface area contributed by atoms with Crippen molar-refractivity contribution in [2.24, 2.45) is 0 Å². The third kappa shape index (κ3) is 6.03. The minimum absolute atomic E-state index is 0.00292. The van der Waals surface area contributed by atoms with Crippen LogP contribution in [0.3, 0.4) is 0 Å². The molecular weight excluding hydrogens is 276 g/mol. The van der Waals surface area contributed by atoms with Crippen molar-refractivity contribution in [3.05, 3.63) is 0 Å². The van der Waals surface area contributed by atoms with Gasteiger partial charge in [0.1, 0.15) is 0 Å². The lowest BCUT2D eigenvalue weighted by molar-refractivity contribution is -0.137. The fourth-order valence-corrected chi connectivity index (χ4v) is 3.53. The van der Waals surface area contributed by atoms with Crippen LogP contribution in [0.2, 0.25) is 0 Å². The quantitative estimate of drug-likeness (QED) is 0.644. The van der Waals surface area contributed by atoms with E-state index in [0.29, 0.717) is 19.4 Å². The number of hydrogen-bond acceptors (Lipinski definition) is 3. The Morgan fingerprint density at radius 3 is 2.55 bits per heavy atom. The SMILES string of the molecule is CSC1(CNC(=O)NC(C)CCCC(=O)O)CCCC1. The van der Waals surface area contributed by atoms with Crippen LogP contribution in [-0.4, -0.2) is 40.7 Å². The topological polar surface area (TPSA) is 78.4 Å². The lowest BCUT2D eigenvalue weighted by atomic mass is 10.1. The molecule has 2 amide bonds. The second-order valence-electron chi connectivity index (χ2n) is 5.61. The van der Waals surface area contributed by atoms with E-state index in [0.717, 1.165) is 0 Å². The van der Waals surface area contributed by atoms with Crippen LogP contribution in [0.4, 0.5) is 4.79 Å². The number of carbonyl (C=O) groups is 2. The van der Waals surface area contributed by atoms with E-state index in [-0.39, 0.29) is 23.2 Å². The van der Waals surface area contributed by atoms with Crippen molar-refractivity contribution in [1.82, 2.24) is 10.6 Å². The predicted molar refractivity (Wildman–Crippen MR) is 82.2 cm³/mol. The molecule has 1 fully saturated rings. The van der Waals surface area contributed by atoms with Crippen LogP contribution < -0.4 is 10.6 Å². The van der Waals surface area contributed by atoms with E-state index in [1.54, 1.807) is 0 Å². The molecule has 0 aromatic rings. The van der Waals surface area contributed by atoms with Crippen molar-refractivity contribution in [3.63, 3.8) is 0 Å². The molecule has 0 aliphatic heterocycles. The number of rotatable bonds is 8. The fraction of sp³-hybridized carbons (Fsp3) is 0.857. The molecule has 1 unspecified atom stereocenters. The van der Waals surface area contributed by atoms with E-state index < -0.39 is 5.97 Å². The molecule has 116 valence electrons. The lowest BCUT2D eigenvalue weighted by Gasteiger charge is -2.27. The maximum atomic E-state index is 11.8. The minimum atomic E-state index is -0.787. The Kier molecular flexibility index (Phi) is 7.19. The number of aliphatic carboxylic acids is 1. The summed E-state index contributed by atoms with van der Waals surface area (Å²) in [7, 11) is 0. The molecule has 5 nitrogen and oxygen atoms in total. The second kappa shape index (κ2) is 8.39. The summed E-state index contributed by atoms with van der Waals surface area (Å²) in [4.78, 5) is 22.2. The summed E-state index contributed by atoms with van der Waals surface area (Å²) in [5.41, 5.74) is 0. The summed E-state index contributed by atoms with van der Waals surface area (Å²) >= 11 is 1.85. The third-order valence-electron chi connectivity index (χ3n) is 3.92. The average molecular weight is 302 g/mol. The maximum Gasteiger partial charge on any atom is 0.315 e. The van der Waals surface area contributed by atoms with Gasteiger partial charge in [0, 0.05) is 23.8 Å². The van der Waals surface area contributed by atoms with Crippen molar-refractivity contribution in [3.8, 4) is 0 Å². The summed E-state index contributed by atoms with van der Waals surface area (Å²) in [6.45, 7) is 2.61. The molecule has 6 heteroatoms. The number of carboxylic acid groups (broad SMARTS) is 1. The fourth-order valence-electron chi connectivity index (χ4n) is 2.62. The number of carboxylic acids is 1. The molecule has 0 aromatic heterocycles. The van der Waals surface area contributed by atoms with Gasteiger partial charge in [-0.25, -0.2) is 4.79 Å². The van der Waals surface area contributed by atoms with E-state index in [1.807, 2.05) is 18.7 Å². The molecule has 1 aliphatic rings. The summed E-state index contributed by atoms with van der Waals surface area (Å²) in [5.74, 6) is -0.787. The summed E-state index contributed by atoms with van der Waals surface area (Å²) in [5, 5.41) is 14.4. The van der Waals surface area contributed by atoms with E-state index >= 15 is 0 Å². The maximum absolute atomic E-state index is 11.8. The van der Waals surface area contributed by atoms with E-state index in [2.05, 4.69) is 16.9 Å². The van der Waals surface area contributed by atoms with Crippen LogP contribution in [0.5, 0.6) is 0 Å². The zero-order valence-electron chi connectivity index (χ0n) is 12.4. The number of hydrogen-bond donors (Lipinski definition) is 3. The molecule has 1 saturated carbocycles. The third-order valence-corrected chi connectivity index (χ3v) is 5.34. The van der Waals surface area contributed by atoms with Crippen LogP contribution in [0, 0.1) is 0 Å². The zero-order valence-corrected chi connectivity index (χ0v) is 13.2. The smallest absolute Gasteiger partial charge is 0.315 e. The van der Waals surface area contributed by atoms with Crippen LogP contribution in [0.1, 0.15) is 51.9 Å². The van der Waals surface area contributed by atoms with Crippen LogP contribution in [0.15, 0.2) is 0 Å². The Balaban J connectivity index is 2.20. The monoisotopic (exact) mass is 302 g/mol. The Hall–Kier alpha value is -0.910. The number of carbonyl (C=O) groups excluding carboxylic acids is 1. The van der Waals surface area contributed by atoms with Crippen LogP contribution in [0.25, 0.3) is 0 Å². The van der Waals surface area contributed by atoms with Crippen molar-refractivity contribution in [2.45, 2.75) is 62.7 Å². The highest BCUT2D eigenvalue weighted by molar-refractivity contribution is 8.00. The summed E-state index contributed by atoms with van der Waals surface area (Å²) < 4.78 is 0.212. The zero-order chi connectivity index (χ0) is 15.0. The standard InChI is InChI=1S/C14H26N2O3S/c1-11(6-5-7-12(17)18)16-13(19)15-10-14(20-2)8-3-4-9-14/h11H,3-10H2,1-2H3,(H,17,18)(H2,15,16,19). The molecule has 0 radical (unpaired) electrons. The van der Waals surface area contributed by atoms with E-state index in [4.69, 9.17) is 5.11 Å². The highest BCUT2D eigenvalue weighted by Crippen LogP contribution is 2.39. The lowest BCUT2D eigenvalue weighted by Crippen LogP contribution is -2.46. The number of nitrogens with one attached hydrogen (secondary N) is 2. The Morgan fingerprint density at radius 1 is 1.35 bits per heavy atom. The first kappa shape index (κ1) is 17.1. The normalized spacial score (nSPS) is 18.5. The minimum Gasteiger partial charge on any atom is -0.481 e. The Morgan fingerprint density at radius 2 is 2.00 bits per heavy atom. The van der Waals surface area contributed by atoms with Gasteiger partial charge in [0.05, 0.1) is 0 Å². The molecule has 0 heterocycles. The predicted octanol–water partition coefficient (Wildman–Crippen LogP) is 2.60. The van der Waals surface area contributed by atoms with Gasteiger partial charge in [0.15, 0.2) is 0 Å². The molecule has 0 saturated heterocycles. The molecule has 0 spiro atoms. The van der Waals surface area contributed by atoms with Crippen molar-refractivity contribution < 1.29 is 14.7 Å². The highest BCUT2D eigenvalue weighted by atomic mass is 32.2.